The van der Waals surface area contributed by atoms with Crippen LogP contribution in [0.1, 0.15) is 303 Å². The van der Waals surface area contributed by atoms with Crippen molar-refractivity contribution in [3.05, 3.63) is 12.2 Å². The quantitative estimate of drug-likeness (QED) is 0.0199. The Kier molecular flexibility index (Phi) is 49.3. The van der Waals surface area contributed by atoms with Gasteiger partial charge in [-0.2, -0.15) is 0 Å². The molecule has 0 aromatic carbocycles. The topological polar surface area (TPSA) is 307 Å². The summed E-state index contributed by atoms with van der Waals surface area (Å²) in [4.78, 5) is 13.4. The third-order valence-corrected chi connectivity index (χ3v) is 18.8. The smallest absolute Gasteiger partial charge is 0.220 e. The summed E-state index contributed by atoms with van der Waals surface area (Å²) < 4.78 is 34.4. The number of nitrogens with one attached hydrogen (secondary N) is 1. The van der Waals surface area contributed by atoms with Gasteiger partial charge >= 0.3 is 0 Å². The fraction of sp³-hybridized carbons (Fsp3) is 0.958. The van der Waals surface area contributed by atoms with Crippen molar-refractivity contribution in [2.75, 3.05) is 26.4 Å². The molecule has 90 heavy (non-hydrogen) atoms. The van der Waals surface area contributed by atoms with Crippen LogP contribution >= 0.6 is 0 Å². The van der Waals surface area contributed by atoms with E-state index in [1.54, 1.807) is 0 Å². The van der Waals surface area contributed by atoms with Gasteiger partial charge in [0.25, 0.3) is 0 Å². The minimum atomic E-state index is -1.97. The van der Waals surface area contributed by atoms with Crippen molar-refractivity contribution in [3.63, 3.8) is 0 Å². The second-order valence-electron chi connectivity index (χ2n) is 26.8. The van der Waals surface area contributed by atoms with E-state index in [4.69, 9.17) is 28.4 Å². The predicted octanol–water partition coefficient (Wildman–Crippen LogP) is 10.4. The fourth-order valence-corrected chi connectivity index (χ4v) is 12.8. The van der Waals surface area contributed by atoms with Crippen LogP contribution in [0.15, 0.2) is 12.2 Å². The van der Waals surface area contributed by atoms with Crippen LogP contribution in [0.2, 0.25) is 0 Å². The predicted molar refractivity (Wildman–Crippen MR) is 351 cm³/mol. The Morgan fingerprint density at radius 1 is 0.389 bits per heavy atom. The maximum atomic E-state index is 13.4. The third kappa shape index (κ3) is 35.0. The third-order valence-electron chi connectivity index (χ3n) is 18.8. The minimum absolute atomic E-state index is 0.249. The molecule has 0 radical (unpaired) electrons. The summed E-state index contributed by atoms with van der Waals surface area (Å²) in [5.41, 5.74) is 0. The molecule has 0 aliphatic carbocycles. The van der Waals surface area contributed by atoms with Gasteiger partial charge < -0.3 is 89.9 Å². The first-order valence-corrected chi connectivity index (χ1v) is 36.9. The van der Waals surface area contributed by atoms with E-state index in [0.29, 0.717) is 12.8 Å². The van der Waals surface area contributed by atoms with E-state index >= 15 is 0 Å². The van der Waals surface area contributed by atoms with Gasteiger partial charge in [0.1, 0.15) is 73.2 Å². The van der Waals surface area contributed by atoms with Crippen molar-refractivity contribution >= 4 is 5.91 Å². The molecule has 0 aromatic heterocycles. The molecule has 12 N–H and O–H groups in total. The normalized spacial score (nSPS) is 28.0. The number of carbonyl (C=O) groups is 1. The number of hydrogen-bond donors (Lipinski definition) is 12. The number of carbonyl (C=O) groups excluding carboxylic acids is 1. The molecule has 19 nitrogen and oxygen atoms in total. The highest BCUT2D eigenvalue weighted by Crippen LogP contribution is 2.33. The first-order valence-electron chi connectivity index (χ1n) is 36.9. The molecule has 0 aromatic rings. The molecule has 0 saturated carbocycles. The number of hydrogen-bond acceptors (Lipinski definition) is 18. The molecule has 3 heterocycles. The van der Waals surface area contributed by atoms with Crippen molar-refractivity contribution < 1.29 is 89.4 Å². The SMILES string of the molecule is CCCCC/C=C\CCCCCCCC(=O)NC(COC1OC(CO)C(OC2OC(CO)C(OC3OC(CO)C(O)C(O)C3O)C(O)C2O)C(O)C1O)C(O)CCCCCCCCCCCCCCCCCCCCCCCCCCCCCCCCCCC. The summed E-state index contributed by atoms with van der Waals surface area (Å²) in [6.07, 6.45) is 33.3. The van der Waals surface area contributed by atoms with Crippen LogP contribution < -0.4 is 5.32 Å². The van der Waals surface area contributed by atoms with Crippen LogP contribution in [0.4, 0.5) is 0 Å². The standard InChI is InChI=1S/C71H135NO18/c1-3-5-7-9-11-13-15-17-18-19-20-21-22-23-24-25-26-27-28-29-30-31-32-33-34-35-36-37-38-40-42-44-46-48-55(76)54(72-59(77)49-47-45-43-41-39-16-14-12-10-8-6-4-2)53-85-69-65(83)62(80)67(57(51-74)87-69)90-71-66(84)63(81)68(58(52-75)88-71)89-70-64(82)61(79)60(78)56(50-73)86-70/h12,14,54-58,60-71,73-76,78-84H,3-11,13,15-53H2,1-2H3,(H,72,77)/b14-12-. The molecular formula is C71H135NO18. The van der Waals surface area contributed by atoms with E-state index in [2.05, 4.69) is 31.3 Å². The van der Waals surface area contributed by atoms with Crippen molar-refractivity contribution in [2.45, 2.75) is 407 Å². The number of rotatable bonds is 58. The van der Waals surface area contributed by atoms with Gasteiger partial charge in [-0.15, -0.1) is 0 Å². The van der Waals surface area contributed by atoms with Crippen molar-refractivity contribution in [1.82, 2.24) is 5.32 Å². The molecule has 17 unspecified atom stereocenters. The lowest BCUT2D eigenvalue weighted by Crippen LogP contribution is -2.66. The Morgan fingerprint density at radius 2 is 0.700 bits per heavy atom. The van der Waals surface area contributed by atoms with E-state index in [0.717, 1.165) is 64.2 Å². The monoisotopic (exact) mass is 1290 g/mol. The Balaban J connectivity index is 1.33. The molecule has 3 rings (SSSR count). The highest BCUT2D eigenvalue weighted by Gasteiger charge is 2.53. The lowest BCUT2D eigenvalue weighted by atomic mass is 9.96. The summed E-state index contributed by atoms with van der Waals surface area (Å²) in [6, 6.07) is -0.889. The molecule has 3 fully saturated rings. The highest BCUT2D eigenvalue weighted by molar-refractivity contribution is 5.76. The molecule has 0 bridgehead atoms. The van der Waals surface area contributed by atoms with Gasteiger partial charge in [0.2, 0.25) is 5.91 Å². The van der Waals surface area contributed by atoms with E-state index in [1.807, 2.05) is 0 Å². The molecule has 3 aliphatic heterocycles. The Bertz CT molecular complexity index is 1680. The summed E-state index contributed by atoms with van der Waals surface area (Å²) in [5, 5.41) is 121. The molecule has 0 spiro atoms. The van der Waals surface area contributed by atoms with Gasteiger partial charge in [-0.25, -0.2) is 0 Å². The molecule has 3 aliphatic rings. The first kappa shape index (κ1) is 82.8. The number of amides is 1. The van der Waals surface area contributed by atoms with Crippen LogP contribution in [-0.4, -0.2) is 193 Å². The molecule has 3 saturated heterocycles. The van der Waals surface area contributed by atoms with Crippen LogP contribution in [0.25, 0.3) is 0 Å². The zero-order valence-corrected chi connectivity index (χ0v) is 56.4. The Hall–Kier alpha value is -1.47. The summed E-state index contributed by atoms with van der Waals surface area (Å²) in [5.74, 6) is -0.249. The fourth-order valence-electron chi connectivity index (χ4n) is 12.8. The Morgan fingerprint density at radius 3 is 1.10 bits per heavy atom. The van der Waals surface area contributed by atoms with Gasteiger partial charge in [-0.05, 0) is 38.5 Å². The largest absolute Gasteiger partial charge is 0.394 e. The van der Waals surface area contributed by atoms with Gasteiger partial charge in [-0.3, -0.25) is 4.79 Å². The summed E-state index contributed by atoms with van der Waals surface area (Å²) in [7, 11) is 0. The number of ether oxygens (including phenoxy) is 6. The second-order valence-corrected chi connectivity index (χ2v) is 26.8. The van der Waals surface area contributed by atoms with Crippen LogP contribution in [-0.2, 0) is 33.2 Å². The van der Waals surface area contributed by atoms with Crippen molar-refractivity contribution in [1.29, 1.82) is 0 Å². The zero-order chi connectivity index (χ0) is 65.4. The highest BCUT2D eigenvalue weighted by atomic mass is 16.8. The number of allylic oxidation sites excluding steroid dienone is 2. The van der Waals surface area contributed by atoms with Gasteiger partial charge in [-0.1, -0.05) is 270 Å². The number of aliphatic hydroxyl groups is 11. The molecule has 1 amide bonds. The van der Waals surface area contributed by atoms with E-state index in [-0.39, 0.29) is 18.9 Å². The lowest BCUT2D eigenvalue weighted by molar-refractivity contribution is -0.379. The van der Waals surface area contributed by atoms with E-state index in [1.165, 1.54) is 205 Å². The Labute approximate surface area is 544 Å². The maximum Gasteiger partial charge on any atom is 0.220 e. The average Bonchev–Trinajstić information content (AvgIpc) is 1.55. The van der Waals surface area contributed by atoms with Crippen molar-refractivity contribution in [2.24, 2.45) is 0 Å². The van der Waals surface area contributed by atoms with Crippen LogP contribution in [0, 0.1) is 0 Å². The molecule has 17 atom stereocenters. The summed E-state index contributed by atoms with van der Waals surface area (Å²) >= 11 is 0. The summed E-state index contributed by atoms with van der Waals surface area (Å²) in [6.45, 7) is 1.79. The maximum absolute atomic E-state index is 13.4. The van der Waals surface area contributed by atoms with Gasteiger partial charge in [0.15, 0.2) is 18.9 Å². The minimum Gasteiger partial charge on any atom is -0.394 e. The number of unbranched alkanes of at least 4 members (excludes halogenated alkanes) is 40. The first-order chi connectivity index (χ1) is 43.8. The van der Waals surface area contributed by atoms with Gasteiger partial charge in [0, 0.05) is 6.42 Å². The second kappa shape index (κ2) is 53.6. The van der Waals surface area contributed by atoms with Crippen molar-refractivity contribution in [3.8, 4) is 0 Å². The van der Waals surface area contributed by atoms with Crippen LogP contribution in [0.5, 0.6) is 0 Å². The molecule has 532 valence electrons. The van der Waals surface area contributed by atoms with Crippen LogP contribution in [0.3, 0.4) is 0 Å². The molecular weight excluding hydrogens is 1150 g/mol. The van der Waals surface area contributed by atoms with Gasteiger partial charge in [0.05, 0.1) is 38.6 Å². The average molecular weight is 1290 g/mol. The van der Waals surface area contributed by atoms with E-state index < -0.39 is 124 Å². The number of aliphatic hydroxyl groups excluding tert-OH is 11. The lowest BCUT2D eigenvalue weighted by Gasteiger charge is -2.48. The zero-order valence-electron chi connectivity index (χ0n) is 56.4. The van der Waals surface area contributed by atoms with E-state index in [9.17, 15) is 61.0 Å². The molecule has 19 heteroatoms.